The van der Waals surface area contributed by atoms with E-state index in [0.29, 0.717) is 31.8 Å². The number of rotatable bonds is 7. The van der Waals surface area contributed by atoms with E-state index in [1.54, 1.807) is 7.11 Å². The Morgan fingerprint density at radius 3 is 2.50 bits per heavy atom. The highest BCUT2D eigenvalue weighted by Gasteiger charge is 2.35. The molecule has 26 heavy (non-hydrogen) atoms. The van der Waals surface area contributed by atoms with Crippen molar-refractivity contribution in [2.75, 3.05) is 27.4 Å². The van der Waals surface area contributed by atoms with Crippen LogP contribution in [0.15, 0.2) is 41.2 Å². The predicted octanol–water partition coefficient (Wildman–Crippen LogP) is 2.14. The molecule has 1 aliphatic rings. The van der Waals surface area contributed by atoms with Crippen LogP contribution in [0.5, 0.6) is 0 Å². The van der Waals surface area contributed by atoms with Crippen LogP contribution in [0.4, 0.5) is 0 Å². The normalized spacial score (nSPS) is 17.7. The Hall–Kier alpha value is -2.38. The lowest BCUT2D eigenvalue weighted by Gasteiger charge is -2.36. The zero-order chi connectivity index (χ0) is 19.0. The molecule has 0 bridgehead atoms. The quantitative estimate of drug-likeness (QED) is 0.346. The molecule has 2 N–H and O–H groups in total. The second-order valence-electron chi connectivity index (χ2n) is 6.07. The van der Waals surface area contributed by atoms with Crippen LogP contribution < -0.4 is 5.73 Å². The van der Waals surface area contributed by atoms with E-state index in [0.717, 1.165) is 16.8 Å². The Balaban J connectivity index is 1.94. The van der Waals surface area contributed by atoms with Gasteiger partial charge < -0.3 is 24.8 Å². The zero-order valence-corrected chi connectivity index (χ0v) is 15.5. The van der Waals surface area contributed by atoms with Crippen LogP contribution in [0.2, 0.25) is 0 Å². The first kappa shape index (κ1) is 19.9. The molecule has 7 nitrogen and oxygen atoms in total. The van der Waals surface area contributed by atoms with E-state index in [4.69, 9.17) is 24.8 Å². The number of hydrogen-bond donors (Lipinski definition) is 1. The van der Waals surface area contributed by atoms with Crippen molar-refractivity contribution >= 4 is 11.7 Å². The first-order valence-electron chi connectivity index (χ1n) is 8.45. The molecule has 0 aliphatic carbocycles. The maximum atomic E-state index is 12.1. The van der Waals surface area contributed by atoms with E-state index >= 15 is 0 Å². The molecule has 0 saturated carbocycles. The fraction of sp³-hybridized carbons (Fsp3) is 0.474. The highest BCUT2D eigenvalue weighted by atomic mass is 16.6. The topological polar surface area (TPSA) is 92.4 Å². The van der Waals surface area contributed by atoms with E-state index in [9.17, 15) is 4.79 Å². The lowest BCUT2D eigenvalue weighted by Crippen LogP contribution is -2.43. The van der Waals surface area contributed by atoms with Crippen molar-refractivity contribution in [2.45, 2.75) is 32.0 Å². The van der Waals surface area contributed by atoms with E-state index in [2.05, 4.69) is 5.16 Å². The Bertz CT molecular complexity index is 661. The summed E-state index contributed by atoms with van der Waals surface area (Å²) in [6, 6.07) is 7.54. The number of ether oxygens (including phenoxy) is 3. The summed E-state index contributed by atoms with van der Waals surface area (Å²) in [4.78, 5) is 16.8. The van der Waals surface area contributed by atoms with E-state index in [-0.39, 0.29) is 6.61 Å². The van der Waals surface area contributed by atoms with Gasteiger partial charge in [0.05, 0.1) is 5.71 Å². The zero-order valence-electron chi connectivity index (χ0n) is 15.5. The van der Waals surface area contributed by atoms with Gasteiger partial charge in [-0.15, -0.1) is 0 Å². The van der Waals surface area contributed by atoms with Gasteiger partial charge in [0.25, 0.3) is 0 Å². The molecule has 1 aliphatic heterocycles. The third-order valence-electron chi connectivity index (χ3n) is 4.47. The van der Waals surface area contributed by atoms with Crippen molar-refractivity contribution in [3.8, 4) is 0 Å². The second kappa shape index (κ2) is 9.35. The van der Waals surface area contributed by atoms with Gasteiger partial charge in [-0.2, -0.15) is 0 Å². The number of nitrogens with two attached hydrogens (primary N) is 1. The molecule has 7 heteroatoms. The van der Waals surface area contributed by atoms with Gasteiger partial charge >= 0.3 is 5.97 Å². The summed E-state index contributed by atoms with van der Waals surface area (Å²) in [6.45, 7) is 3.12. The van der Waals surface area contributed by atoms with Crippen molar-refractivity contribution in [3.63, 3.8) is 0 Å². The molecular formula is C19H26N2O5. The summed E-state index contributed by atoms with van der Waals surface area (Å²) in [7, 11) is 3.10. The molecule has 1 saturated heterocycles. The number of carbonyl (C=O) groups is 1. The van der Waals surface area contributed by atoms with Crippen LogP contribution in [-0.4, -0.2) is 44.7 Å². The third kappa shape index (κ3) is 5.06. The average Bonchev–Trinajstić information content (AvgIpc) is 2.67. The van der Waals surface area contributed by atoms with Gasteiger partial charge in [-0.1, -0.05) is 29.4 Å². The van der Waals surface area contributed by atoms with Crippen molar-refractivity contribution < 1.29 is 23.8 Å². The number of hydrogen-bond acceptors (Lipinski definition) is 7. The Kier molecular flexibility index (Phi) is 7.17. The molecule has 0 atom stereocenters. The lowest BCUT2D eigenvalue weighted by atomic mass is 9.90. The van der Waals surface area contributed by atoms with Gasteiger partial charge in [0.15, 0.2) is 0 Å². The van der Waals surface area contributed by atoms with E-state index in [1.165, 1.54) is 13.2 Å². The largest absolute Gasteiger partial charge is 0.458 e. The first-order valence-corrected chi connectivity index (χ1v) is 8.45. The number of methoxy groups -OCH3 is 1. The second-order valence-corrected chi connectivity index (χ2v) is 6.07. The summed E-state index contributed by atoms with van der Waals surface area (Å²) >= 11 is 0. The SMILES string of the molecule is CO/N=C(\C)c1ccc(COC(=O)/C=C(\N)C2(OC)CCOCC2)cc1. The molecule has 0 spiro atoms. The monoisotopic (exact) mass is 362 g/mol. The maximum Gasteiger partial charge on any atom is 0.332 e. The van der Waals surface area contributed by atoms with Gasteiger partial charge in [0.1, 0.15) is 19.3 Å². The van der Waals surface area contributed by atoms with Crippen molar-refractivity contribution in [1.29, 1.82) is 0 Å². The standard InChI is InChI=1S/C19H26N2O5/c1-14(21-24-3)16-6-4-15(5-7-16)13-26-18(22)12-17(20)19(23-2)8-10-25-11-9-19/h4-7,12H,8-11,13,20H2,1-3H3/b17-12-,21-14+. The Morgan fingerprint density at radius 1 is 1.27 bits per heavy atom. The van der Waals surface area contributed by atoms with Gasteiger partial charge in [0.2, 0.25) is 0 Å². The van der Waals surface area contributed by atoms with Gasteiger partial charge in [-0.3, -0.25) is 0 Å². The van der Waals surface area contributed by atoms with Crippen LogP contribution in [0.3, 0.4) is 0 Å². The molecule has 1 aromatic carbocycles. The molecule has 0 aromatic heterocycles. The Labute approximate surface area is 153 Å². The molecule has 142 valence electrons. The van der Waals surface area contributed by atoms with Crippen LogP contribution in [0.25, 0.3) is 0 Å². The molecule has 1 aromatic rings. The van der Waals surface area contributed by atoms with Crippen LogP contribution in [0, 0.1) is 0 Å². The van der Waals surface area contributed by atoms with Crippen LogP contribution in [-0.2, 0) is 30.4 Å². The highest BCUT2D eigenvalue weighted by Crippen LogP contribution is 2.29. The molecule has 0 radical (unpaired) electrons. The molecule has 1 heterocycles. The third-order valence-corrected chi connectivity index (χ3v) is 4.47. The summed E-state index contributed by atoms with van der Waals surface area (Å²) in [6.07, 6.45) is 2.53. The molecule has 0 unspecified atom stereocenters. The molecule has 2 rings (SSSR count). The number of carbonyl (C=O) groups excluding carboxylic acids is 1. The maximum absolute atomic E-state index is 12.1. The van der Waals surface area contributed by atoms with E-state index in [1.807, 2.05) is 31.2 Å². The summed E-state index contributed by atoms with van der Waals surface area (Å²) in [5.74, 6) is -0.494. The minimum absolute atomic E-state index is 0.159. The van der Waals surface area contributed by atoms with Crippen molar-refractivity contribution in [3.05, 3.63) is 47.2 Å². The number of benzene rings is 1. The number of esters is 1. The summed E-state index contributed by atoms with van der Waals surface area (Å²) in [5.41, 5.74) is 8.39. The van der Waals surface area contributed by atoms with Gasteiger partial charge in [-0.05, 0) is 18.1 Å². The average molecular weight is 362 g/mol. The summed E-state index contributed by atoms with van der Waals surface area (Å²) < 4.78 is 16.2. The molecule has 1 fully saturated rings. The minimum Gasteiger partial charge on any atom is -0.458 e. The molecular weight excluding hydrogens is 336 g/mol. The van der Waals surface area contributed by atoms with Crippen molar-refractivity contribution in [2.24, 2.45) is 10.9 Å². The van der Waals surface area contributed by atoms with Gasteiger partial charge in [-0.25, -0.2) is 4.79 Å². The van der Waals surface area contributed by atoms with Crippen molar-refractivity contribution in [1.82, 2.24) is 0 Å². The van der Waals surface area contributed by atoms with Gasteiger partial charge in [0, 0.05) is 44.9 Å². The smallest absolute Gasteiger partial charge is 0.332 e. The van der Waals surface area contributed by atoms with Crippen LogP contribution in [0.1, 0.15) is 30.9 Å². The predicted molar refractivity (Wildman–Crippen MR) is 97.5 cm³/mol. The summed E-state index contributed by atoms with van der Waals surface area (Å²) in [5, 5.41) is 3.88. The minimum atomic E-state index is -0.656. The Morgan fingerprint density at radius 2 is 1.92 bits per heavy atom. The highest BCUT2D eigenvalue weighted by molar-refractivity contribution is 5.98. The number of oxime groups is 1. The molecule has 0 amide bonds. The fourth-order valence-corrected chi connectivity index (χ4v) is 2.80. The fourth-order valence-electron chi connectivity index (χ4n) is 2.80. The lowest BCUT2D eigenvalue weighted by molar-refractivity contribution is -0.139. The van der Waals surface area contributed by atoms with E-state index < -0.39 is 11.6 Å². The van der Waals surface area contributed by atoms with Crippen LogP contribution >= 0.6 is 0 Å². The number of nitrogens with zero attached hydrogens (tertiary/aromatic N) is 1. The first-order chi connectivity index (χ1) is 12.5.